The number of carbonyl (C=O) groups is 1. The van der Waals surface area contributed by atoms with E-state index in [1.54, 1.807) is 18.1 Å². The molecular formula is C14H19NO3. The number of rotatable bonds is 3. The summed E-state index contributed by atoms with van der Waals surface area (Å²) in [6.45, 7) is 2.70. The first kappa shape index (κ1) is 12.9. The quantitative estimate of drug-likeness (QED) is 0.885. The molecule has 1 aromatic rings. The van der Waals surface area contributed by atoms with Crippen LogP contribution >= 0.6 is 0 Å². The van der Waals surface area contributed by atoms with Gasteiger partial charge in [0.2, 0.25) is 0 Å². The van der Waals surface area contributed by atoms with E-state index in [1.807, 2.05) is 19.1 Å². The number of methoxy groups -OCH3 is 1. The Morgan fingerprint density at radius 3 is 3.00 bits per heavy atom. The zero-order chi connectivity index (χ0) is 13.1. The molecule has 1 amide bonds. The monoisotopic (exact) mass is 249 g/mol. The number of hydrogen-bond acceptors (Lipinski definition) is 3. The van der Waals surface area contributed by atoms with Crippen molar-refractivity contribution < 1.29 is 14.6 Å². The van der Waals surface area contributed by atoms with Gasteiger partial charge in [-0.15, -0.1) is 0 Å². The van der Waals surface area contributed by atoms with Crippen LogP contribution in [0.4, 0.5) is 0 Å². The van der Waals surface area contributed by atoms with Crippen molar-refractivity contribution >= 4 is 5.91 Å². The molecule has 4 heteroatoms. The van der Waals surface area contributed by atoms with Crippen molar-refractivity contribution in [1.82, 2.24) is 4.90 Å². The second-order valence-electron chi connectivity index (χ2n) is 4.66. The molecule has 1 saturated heterocycles. The third kappa shape index (κ3) is 2.34. The van der Waals surface area contributed by atoms with Crippen molar-refractivity contribution in [3.8, 4) is 5.75 Å². The Morgan fingerprint density at radius 1 is 1.56 bits per heavy atom. The Morgan fingerprint density at radius 2 is 2.33 bits per heavy atom. The van der Waals surface area contributed by atoms with Crippen LogP contribution in [-0.2, 0) is 0 Å². The molecule has 1 heterocycles. The number of aliphatic hydroxyl groups excluding tert-OH is 1. The highest BCUT2D eigenvalue weighted by molar-refractivity contribution is 5.95. The first-order valence-electron chi connectivity index (χ1n) is 6.24. The van der Waals surface area contributed by atoms with Gasteiger partial charge in [0.1, 0.15) is 5.75 Å². The van der Waals surface area contributed by atoms with Gasteiger partial charge >= 0.3 is 0 Å². The predicted octanol–water partition coefficient (Wildman–Crippen LogP) is 1.60. The molecule has 0 bridgehead atoms. The van der Waals surface area contributed by atoms with E-state index in [4.69, 9.17) is 4.74 Å². The maximum Gasteiger partial charge on any atom is 0.254 e. The molecule has 98 valence electrons. The minimum absolute atomic E-state index is 0.0233. The lowest BCUT2D eigenvalue weighted by Crippen LogP contribution is -2.37. The van der Waals surface area contributed by atoms with Crippen LogP contribution in [0.1, 0.15) is 28.8 Å². The third-order valence-electron chi connectivity index (χ3n) is 3.50. The first-order chi connectivity index (χ1) is 8.67. The summed E-state index contributed by atoms with van der Waals surface area (Å²) in [5, 5.41) is 9.26. The highest BCUT2D eigenvalue weighted by Gasteiger charge is 2.28. The molecule has 1 aliphatic rings. The maximum absolute atomic E-state index is 12.4. The normalized spacial score (nSPS) is 19.1. The second-order valence-corrected chi connectivity index (χ2v) is 4.66. The molecule has 2 rings (SSSR count). The van der Waals surface area contributed by atoms with Gasteiger partial charge in [0.05, 0.1) is 19.8 Å². The van der Waals surface area contributed by atoms with E-state index in [-0.39, 0.29) is 18.6 Å². The summed E-state index contributed by atoms with van der Waals surface area (Å²) >= 11 is 0. The van der Waals surface area contributed by atoms with Gasteiger partial charge in [-0.3, -0.25) is 4.79 Å². The van der Waals surface area contributed by atoms with Crippen molar-refractivity contribution in [3.63, 3.8) is 0 Å². The van der Waals surface area contributed by atoms with E-state index in [9.17, 15) is 9.90 Å². The van der Waals surface area contributed by atoms with E-state index < -0.39 is 0 Å². The van der Waals surface area contributed by atoms with Gasteiger partial charge in [0.25, 0.3) is 5.91 Å². The maximum atomic E-state index is 12.4. The predicted molar refractivity (Wildman–Crippen MR) is 68.9 cm³/mol. The summed E-state index contributed by atoms with van der Waals surface area (Å²) in [7, 11) is 1.60. The summed E-state index contributed by atoms with van der Waals surface area (Å²) in [5.41, 5.74) is 1.63. The lowest BCUT2D eigenvalue weighted by molar-refractivity contribution is 0.0677. The van der Waals surface area contributed by atoms with Gasteiger partial charge in [0.15, 0.2) is 0 Å². The largest absolute Gasteiger partial charge is 0.496 e. The second kappa shape index (κ2) is 5.40. The van der Waals surface area contributed by atoms with Gasteiger partial charge in [-0.1, -0.05) is 6.07 Å². The number of aliphatic hydroxyl groups is 1. The first-order valence-corrected chi connectivity index (χ1v) is 6.24. The molecule has 1 fully saturated rings. The number of benzene rings is 1. The van der Waals surface area contributed by atoms with Gasteiger partial charge < -0.3 is 14.7 Å². The number of amides is 1. The van der Waals surface area contributed by atoms with Crippen LogP contribution in [0.2, 0.25) is 0 Å². The zero-order valence-electron chi connectivity index (χ0n) is 10.8. The number of aryl methyl sites for hydroxylation is 1. The minimum atomic E-state index is -0.0372. The number of likely N-dealkylation sites (tertiary alicyclic amines) is 1. The van der Waals surface area contributed by atoms with E-state index in [1.165, 1.54) is 0 Å². The molecule has 1 aliphatic heterocycles. The van der Waals surface area contributed by atoms with Crippen LogP contribution in [0.15, 0.2) is 18.2 Å². The van der Waals surface area contributed by atoms with Gasteiger partial charge in [0, 0.05) is 12.1 Å². The van der Waals surface area contributed by atoms with Crippen molar-refractivity contribution in [3.05, 3.63) is 29.3 Å². The SMILES string of the molecule is COc1cc(C(=O)N2CCC[C@@H]2CO)ccc1C. The van der Waals surface area contributed by atoms with Crippen molar-refractivity contribution in [2.75, 3.05) is 20.3 Å². The highest BCUT2D eigenvalue weighted by Crippen LogP contribution is 2.23. The highest BCUT2D eigenvalue weighted by atomic mass is 16.5. The molecule has 1 atom stereocenters. The fourth-order valence-electron chi connectivity index (χ4n) is 2.41. The van der Waals surface area contributed by atoms with E-state index >= 15 is 0 Å². The van der Waals surface area contributed by atoms with Gasteiger partial charge in [-0.25, -0.2) is 0 Å². The van der Waals surface area contributed by atoms with Gasteiger partial charge in [-0.2, -0.15) is 0 Å². The number of ether oxygens (including phenoxy) is 1. The minimum Gasteiger partial charge on any atom is -0.496 e. The van der Waals surface area contributed by atoms with Crippen LogP contribution in [0.5, 0.6) is 5.75 Å². The topological polar surface area (TPSA) is 49.8 Å². The smallest absolute Gasteiger partial charge is 0.254 e. The summed E-state index contributed by atoms with van der Waals surface area (Å²) in [5.74, 6) is 0.699. The number of nitrogens with zero attached hydrogens (tertiary/aromatic N) is 1. The molecule has 1 N–H and O–H groups in total. The van der Waals surface area contributed by atoms with Crippen molar-refractivity contribution in [1.29, 1.82) is 0 Å². The summed E-state index contributed by atoms with van der Waals surface area (Å²) in [6.07, 6.45) is 1.84. The fraction of sp³-hybridized carbons (Fsp3) is 0.500. The Labute approximate surface area is 107 Å². The molecular weight excluding hydrogens is 230 g/mol. The van der Waals surface area contributed by atoms with E-state index in [2.05, 4.69) is 0 Å². The Balaban J connectivity index is 2.23. The van der Waals surface area contributed by atoms with Crippen LogP contribution in [0, 0.1) is 6.92 Å². The van der Waals surface area contributed by atoms with Crippen molar-refractivity contribution in [2.24, 2.45) is 0 Å². The number of carbonyl (C=O) groups excluding carboxylic acids is 1. The van der Waals surface area contributed by atoms with Crippen LogP contribution in [-0.4, -0.2) is 42.2 Å². The average Bonchev–Trinajstić information content (AvgIpc) is 2.86. The van der Waals surface area contributed by atoms with Gasteiger partial charge in [-0.05, 0) is 37.5 Å². The molecule has 0 unspecified atom stereocenters. The Kier molecular flexibility index (Phi) is 3.87. The average molecular weight is 249 g/mol. The van der Waals surface area contributed by atoms with Crippen molar-refractivity contribution in [2.45, 2.75) is 25.8 Å². The summed E-state index contributed by atoms with van der Waals surface area (Å²) in [4.78, 5) is 14.1. The molecule has 0 aromatic heterocycles. The molecule has 0 saturated carbocycles. The fourth-order valence-corrected chi connectivity index (χ4v) is 2.41. The lowest BCUT2D eigenvalue weighted by Gasteiger charge is -2.23. The molecule has 18 heavy (non-hydrogen) atoms. The van der Waals surface area contributed by atoms with E-state index in [0.717, 1.165) is 30.7 Å². The molecule has 4 nitrogen and oxygen atoms in total. The summed E-state index contributed by atoms with van der Waals surface area (Å²) < 4.78 is 5.23. The zero-order valence-corrected chi connectivity index (χ0v) is 10.8. The number of hydrogen-bond donors (Lipinski definition) is 1. The molecule has 0 aliphatic carbocycles. The standard InChI is InChI=1S/C14H19NO3/c1-10-5-6-11(8-13(10)18-2)14(17)15-7-3-4-12(15)9-16/h5-6,8,12,16H,3-4,7,9H2,1-2H3/t12-/m1/s1. The Bertz CT molecular complexity index is 445. The lowest BCUT2D eigenvalue weighted by atomic mass is 10.1. The van der Waals surface area contributed by atoms with E-state index in [0.29, 0.717) is 5.56 Å². The van der Waals surface area contributed by atoms with Crippen LogP contribution in [0.3, 0.4) is 0 Å². The molecule has 0 radical (unpaired) electrons. The third-order valence-corrected chi connectivity index (χ3v) is 3.50. The Hall–Kier alpha value is -1.55. The van der Waals surface area contributed by atoms with Crippen LogP contribution in [0.25, 0.3) is 0 Å². The molecule has 0 spiro atoms. The summed E-state index contributed by atoms with van der Waals surface area (Å²) in [6, 6.07) is 5.43. The molecule has 1 aromatic carbocycles. The van der Waals surface area contributed by atoms with Crippen LogP contribution < -0.4 is 4.74 Å².